The first kappa shape index (κ1) is 10.0. The van der Waals surface area contributed by atoms with Gasteiger partial charge < -0.3 is 5.32 Å². The van der Waals surface area contributed by atoms with Gasteiger partial charge in [0.2, 0.25) is 0 Å². The maximum Gasteiger partial charge on any atom is 0.166 e. The van der Waals surface area contributed by atoms with Crippen molar-refractivity contribution < 1.29 is 0 Å². The second kappa shape index (κ2) is 4.84. The van der Waals surface area contributed by atoms with Crippen molar-refractivity contribution in [2.45, 2.75) is 6.54 Å². The van der Waals surface area contributed by atoms with Gasteiger partial charge in [-0.2, -0.15) is 10.4 Å². The lowest BCUT2D eigenvalue weighted by molar-refractivity contribution is 0.608. The van der Waals surface area contributed by atoms with Crippen molar-refractivity contribution in [2.24, 2.45) is 0 Å². The van der Waals surface area contributed by atoms with Crippen LogP contribution < -0.4 is 5.32 Å². The van der Waals surface area contributed by atoms with Gasteiger partial charge in [0.15, 0.2) is 5.82 Å². The Morgan fingerprint density at radius 1 is 1.38 bits per heavy atom. The Morgan fingerprint density at radius 3 is 3.06 bits per heavy atom. The zero-order valence-electron chi connectivity index (χ0n) is 8.41. The molecular weight excluding hydrogens is 206 g/mol. The predicted molar refractivity (Wildman–Crippen MR) is 55.3 cm³/mol. The first-order valence-electron chi connectivity index (χ1n) is 4.70. The van der Waals surface area contributed by atoms with Crippen LogP contribution in [0.3, 0.4) is 0 Å². The van der Waals surface area contributed by atoms with Crippen LogP contribution in [0.25, 0.3) is 0 Å². The summed E-state index contributed by atoms with van der Waals surface area (Å²) < 4.78 is 1.69. The topological polar surface area (TPSA) is 92.3 Å². The minimum Gasteiger partial charge on any atom is -0.366 e. The molecule has 0 aromatic carbocycles. The number of anilines is 1. The first-order valence-corrected chi connectivity index (χ1v) is 4.70. The van der Waals surface area contributed by atoms with Crippen LogP contribution >= 0.6 is 0 Å². The van der Waals surface area contributed by atoms with Crippen LogP contribution in [0.4, 0.5) is 5.82 Å². The molecule has 2 aromatic rings. The Labute approximate surface area is 91.7 Å². The van der Waals surface area contributed by atoms with Gasteiger partial charge in [0.05, 0.1) is 24.5 Å². The van der Waals surface area contributed by atoms with E-state index in [1.54, 1.807) is 23.1 Å². The van der Waals surface area contributed by atoms with Crippen LogP contribution in [0.2, 0.25) is 0 Å². The van der Waals surface area contributed by atoms with E-state index in [1.165, 1.54) is 6.20 Å². The predicted octanol–water partition coefficient (Wildman–Crippen LogP) is 0.0519. The standard InChI is InChI=1S/C9H9N7/c10-7-8-1-2-12-14-9(8)11-3-5-16-6-4-13-15-16/h1-2,4,6H,3,5H2,(H,11,14). The summed E-state index contributed by atoms with van der Waals surface area (Å²) in [6.45, 7) is 1.26. The lowest BCUT2D eigenvalue weighted by Gasteiger charge is -2.05. The van der Waals surface area contributed by atoms with Crippen LogP contribution in [-0.4, -0.2) is 31.7 Å². The number of nitrogens with zero attached hydrogens (tertiary/aromatic N) is 6. The van der Waals surface area contributed by atoms with Crippen molar-refractivity contribution >= 4 is 5.82 Å². The molecular formula is C9H9N7. The van der Waals surface area contributed by atoms with Crippen molar-refractivity contribution in [3.63, 3.8) is 0 Å². The minimum absolute atomic E-state index is 0.480. The van der Waals surface area contributed by atoms with E-state index in [9.17, 15) is 0 Å². The van der Waals surface area contributed by atoms with Crippen LogP contribution in [0.5, 0.6) is 0 Å². The Morgan fingerprint density at radius 2 is 2.31 bits per heavy atom. The highest BCUT2D eigenvalue weighted by molar-refractivity contribution is 5.49. The molecule has 0 aliphatic rings. The van der Waals surface area contributed by atoms with Gasteiger partial charge in [-0.05, 0) is 6.07 Å². The molecule has 0 radical (unpaired) electrons. The zero-order chi connectivity index (χ0) is 11.2. The van der Waals surface area contributed by atoms with E-state index in [0.717, 1.165) is 0 Å². The fourth-order valence-electron chi connectivity index (χ4n) is 1.19. The smallest absolute Gasteiger partial charge is 0.166 e. The van der Waals surface area contributed by atoms with Crippen LogP contribution in [-0.2, 0) is 6.54 Å². The van der Waals surface area contributed by atoms with Crippen molar-refractivity contribution in [3.05, 3.63) is 30.2 Å². The summed E-state index contributed by atoms with van der Waals surface area (Å²) in [6.07, 6.45) is 4.87. The van der Waals surface area contributed by atoms with E-state index in [0.29, 0.717) is 24.5 Å². The fourth-order valence-corrected chi connectivity index (χ4v) is 1.19. The maximum atomic E-state index is 8.82. The van der Waals surface area contributed by atoms with Crippen LogP contribution in [0.1, 0.15) is 5.56 Å². The molecule has 0 spiro atoms. The summed E-state index contributed by atoms with van der Waals surface area (Å²) in [5.74, 6) is 0.491. The molecule has 0 aliphatic carbocycles. The van der Waals surface area contributed by atoms with Crippen molar-refractivity contribution in [1.82, 2.24) is 25.2 Å². The molecule has 16 heavy (non-hydrogen) atoms. The molecule has 1 N–H and O–H groups in total. The van der Waals surface area contributed by atoms with E-state index in [2.05, 4.69) is 25.8 Å². The van der Waals surface area contributed by atoms with Crippen molar-refractivity contribution in [1.29, 1.82) is 5.26 Å². The van der Waals surface area contributed by atoms with Crippen LogP contribution in [0.15, 0.2) is 24.7 Å². The maximum absolute atomic E-state index is 8.82. The summed E-state index contributed by atoms with van der Waals surface area (Å²) in [4.78, 5) is 0. The monoisotopic (exact) mass is 215 g/mol. The lowest BCUT2D eigenvalue weighted by atomic mass is 10.3. The third-order valence-electron chi connectivity index (χ3n) is 1.95. The number of nitrogens with one attached hydrogen (secondary N) is 1. The molecule has 2 rings (SSSR count). The van der Waals surface area contributed by atoms with Gasteiger partial charge in [-0.15, -0.1) is 10.2 Å². The molecule has 0 fully saturated rings. The quantitative estimate of drug-likeness (QED) is 0.774. The lowest BCUT2D eigenvalue weighted by Crippen LogP contribution is -2.13. The summed E-state index contributed by atoms with van der Waals surface area (Å²) in [5, 5.41) is 26.9. The average Bonchev–Trinajstić information content (AvgIpc) is 2.83. The molecule has 0 aliphatic heterocycles. The van der Waals surface area contributed by atoms with Gasteiger partial charge in [-0.25, -0.2) is 0 Å². The first-order chi connectivity index (χ1) is 7.90. The molecule has 0 amide bonds. The van der Waals surface area contributed by atoms with Gasteiger partial charge in [0.1, 0.15) is 6.07 Å². The largest absolute Gasteiger partial charge is 0.366 e. The van der Waals surface area contributed by atoms with E-state index >= 15 is 0 Å². The molecule has 80 valence electrons. The third kappa shape index (κ3) is 2.30. The molecule has 0 atom stereocenters. The number of aromatic nitrogens is 5. The van der Waals surface area contributed by atoms with Gasteiger partial charge in [-0.1, -0.05) is 5.21 Å². The highest BCUT2D eigenvalue weighted by atomic mass is 15.4. The molecule has 0 bridgehead atoms. The summed E-state index contributed by atoms with van der Waals surface area (Å²) >= 11 is 0. The van der Waals surface area contributed by atoms with E-state index < -0.39 is 0 Å². The Bertz CT molecular complexity index is 485. The molecule has 0 saturated carbocycles. The SMILES string of the molecule is N#Cc1ccnnc1NCCn1ccnn1. The van der Waals surface area contributed by atoms with E-state index in [4.69, 9.17) is 5.26 Å². The highest BCUT2D eigenvalue weighted by Crippen LogP contribution is 2.07. The summed E-state index contributed by atoms with van der Waals surface area (Å²) in [5.41, 5.74) is 0.480. The Kier molecular flexibility index (Phi) is 3.04. The van der Waals surface area contributed by atoms with Crippen molar-refractivity contribution in [2.75, 3.05) is 11.9 Å². The number of hydrogen-bond acceptors (Lipinski definition) is 6. The van der Waals surface area contributed by atoms with Gasteiger partial charge in [0.25, 0.3) is 0 Å². The second-order valence-corrected chi connectivity index (χ2v) is 3.00. The molecule has 0 unspecified atom stereocenters. The molecule has 7 heteroatoms. The number of rotatable bonds is 4. The van der Waals surface area contributed by atoms with E-state index in [1.807, 2.05) is 6.07 Å². The Balaban J connectivity index is 1.93. The van der Waals surface area contributed by atoms with E-state index in [-0.39, 0.29) is 0 Å². The minimum atomic E-state index is 0.480. The summed E-state index contributed by atoms with van der Waals surface area (Å²) in [6, 6.07) is 3.66. The van der Waals surface area contributed by atoms with Gasteiger partial charge >= 0.3 is 0 Å². The molecule has 2 heterocycles. The van der Waals surface area contributed by atoms with Gasteiger partial charge in [0, 0.05) is 12.7 Å². The van der Waals surface area contributed by atoms with Crippen LogP contribution in [0, 0.1) is 11.3 Å². The summed E-state index contributed by atoms with van der Waals surface area (Å²) in [7, 11) is 0. The molecule has 0 saturated heterocycles. The second-order valence-electron chi connectivity index (χ2n) is 3.00. The zero-order valence-corrected chi connectivity index (χ0v) is 8.41. The van der Waals surface area contributed by atoms with Crippen molar-refractivity contribution in [3.8, 4) is 6.07 Å². The van der Waals surface area contributed by atoms with Gasteiger partial charge in [-0.3, -0.25) is 4.68 Å². The normalized spacial score (nSPS) is 9.69. The average molecular weight is 215 g/mol. The third-order valence-corrected chi connectivity index (χ3v) is 1.95. The Hall–Kier alpha value is -2.49. The highest BCUT2D eigenvalue weighted by Gasteiger charge is 2.01. The molecule has 2 aromatic heterocycles. The number of hydrogen-bond donors (Lipinski definition) is 1. The molecule has 7 nitrogen and oxygen atoms in total. The fraction of sp³-hybridized carbons (Fsp3) is 0.222. The number of nitriles is 1.